The monoisotopic (exact) mass is 298 g/mol. The number of hydrogen-bond acceptors (Lipinski definition) is 7. The SMILES string of the molecule is NC(=O)CNC(=O)c1sc(N2CCCC(N)C2)nc1N. The number of primary amides is 1. The lowest BCUT2D eigenvalue weighted by Crippen LogP contribution is -2.42. The third-order valence-corrected chi connectivity index (χ3v) is 4.13. The molecular formula is C11H18N6O2S. The second-order valence-corrected chi connectivity index (χ2v) is 5.69. The molecule has 1 aliphatic rings. The lowest BCUT2D eigenvalue weighted by Gasteiger charge is -2.30. The molecule has 1 aliphatic heterocycles. The van der Waals surface area contributed by atoms with Crippen LogP contribution in [0.15, 0.2) is 0 Å². The summed E-state index contributed by atoms with van der Waals surface area (Å²) < 4.78 is 0. The van der Waals surface area contributed by atoms with Crippen LogP contribution in [0.5, 0.6) is 0 Å². The van der Waals surface area contributed by atoms with Gasteiger partial charge < -0.3 is 27.4 Å². The molecule has 8 nitrogen and oxygen atoms in total. The summed E-state index contributed by atoms with van der Waals surface area (Å²) in [5.74, 6) is -0.888. The van der Waals surface area contributed by atoms with Gasteiger partial charge in [-0.05, 0) is 12.8 Å². The number of carbonyl (C=O) groups is 2. The number of rotatable bonds is 4. The lowest BCUT2D eigenvalue weighted by molar-refractivity contribution is -0.117. The summed E-state index contributed by atoms with van der Waals surface area (Å²) in [7, 11) is 0. The Hall–Kier alpha value is -1.87. The van der Waals surface area contributed by atoms with Crippen LogP contribution < -0.4 is 27.4 Å². The van der Waals surface area contributed by atoms with Crippen molar-refractivity contribution in [3.8, 4) is 0 Å². The molecule has 2 heterocycles. The second kappa shape index (κ2) is 6.06. The van der Waals surface area contributed by atoms with Crippen LogP contribution in [0.4, 0.5) is 10.9 Å². The molecule has 1 unspecified atom stereocenters. The number of aromatic nitrogens is 1. The summed E-state index contributed by atoms with van der Waals surface area (Å²) in [4.78, 5) is 29.0. The van der Waals surface area contributed by atoms with Gasteiger partial charge in [0.1, 0.15) is 10.7 Å². The number of nitrogens with zero attached hydrogens (tertiary/aromatic N) is 2. The Bertz CT molecular complexity index is 517. The average Bonchev–Trinajstić information content (AvgIpc) is 2.78. The minimum Gasteiger partial charge on any atom is -0.382 e. The van der Waals surface area contributed by atoms with Crippen LogP contribution in [-0.2, 0) is 4.79 Å². The zero-order valence-corrected chi connectivity index (χ0v) is 11.8. The number of nitrogens with one attached hydrogen (secondary N) is 1. The maximum atomic E-state index is 11.9. The van der Waals surface area contributed by atoms with Gasteiger partial charge in [-0.15, -0.1) is 0 Å². The fourth-order valence-electron chi connectivity index (χ4n) is 2.05. The Kier molecular flexibility index (Phi) is 4.40. The molecule has 0 bridgehead atoms. The van der Waals surface area contributed by atoms with E-state index in [9.17, 15) is 9.59 Å². The van der Waals surface area contributed by atoms with Gasteiger partial charge in [0, 0.05) is 19.1 Å². The summed E-state index contributed by atoms with van der Waals surface area (Å²) in [6.07, 6.45) is 1.98. The number of hydrogen-bond donors (Lipinski definition) is 4. The highest BCUT2D eigenvalue weighted by molar-refractivity contribution is 7.18. The summed E-state index contributed by atoms with van der Waals surface area (Å²) in [6.45, 7) is 1.33. The van der Waals surface area contributed by atoms with Gasteiger partial charge in [0.2, 0.25) is 5.91 Å². The molecule has 0 spiro atoms. The van der Waals surface area contributed by atoms with Crippen molar-refractivity contribution in [3.63, 3.8) is 0 Å². The van der Waals surface area contributed by atoms with E-state index >= 15 is 0 Å². The van der Waals surface area contributed by atoms with Gasteiger partial charge in [0.25, 0.3) is 5.91 Å². The van der Waals surface area contributed by atoms with Crippen molar-refractivity contribution in [1.82, 2.24) is 10.3 Å². The molecule has 1 atom stereocenters. The molecule has 7 N–H and O–H groups in total. The largest absolute Gasteiger partial charge is 0.382 e. The van der Waals surface area contributed by atoms with Crippen molar-refractivity contribution in [3.05, 3.63) is 4.88 Å². The highest BCUT2D eigenvalue weighted by Gasteiger charge is 2.23. The third kappa shape index (κ3) is 3.36. The zero-order valence-electron chi connectivity index (χ0n) is 11.0. The van der Waals surface area contributed by atoms with E-state index in [1.165, 1.54) is 11.3 Å². The smallest absolute Gasteiger partial charge is 0.265 e. The van der Waals surface area contributed by atoms with E-state index in [-0.39, 0.29) is 18.4 Å². The summed E-state index contributed by atoms with van der Waals surface area (Å²) >= 11 is 1.20. The molecule has 0 aliphatic carbocycles. The van der Waals surface area contributed by atoms with Gasteiger partial charge in [-0.25, -0.2) is 4.98 Å². The van der Waals surface area contributed by atoms with Crippen molar-refractivity contribution in [1.29, 1.82) is 0 Å². The lowest BCUT2D eigenvalue weighted by atomic mass is 10.1. The van der Waals surface area contributed by atoms with E-state index in [0.29, 0.717) is 16.6 Å². The van der Waals surface area contributed by atoms with Crippen molar-refractivity contribution in [2.75, 3.05) is 30.3 Å². The molecular weight excluding hydrogens is 280 g/mol. The number of amides is 2. The summed E-state index contributed by atoms with van der Waals surface area (Å²) in [6, 6.07) is 0.112. The Balaban J connectivity index is 2.08. The second-order valence-electron chi connectivity index (χ2n) is 4.71. The predicted octanol–water partition coefficient (Wildman–Crippen LogP) is -1.13. The van der Waals surface area contributed by atoms with Crippen molar-refractivity contribution >= 4 is 34.1 Å². The van der Waals surface area contributed by atoms with Crippen LogP contribution in [0.25, 0.3) is 0 Å². The first-order valence-electron chi connectivity index (χ1n) is 6.30. The number of thiazole rings is 1. The van der Waals surface area contributed by atoms with Crippen molar-refractivity contribution in [2.24, 2.45) is 11.5 Å². The van der Waals surface area contributed by atoms with E-state index in [0.717, 1.165) is 19.4 Å². The number of nitrogens with two attached hydrogens (primary N) is 3. The molecule has 1 saturated heterocycles. The van der Waals surface area contributed by atoms with Crippen molar-refractivity contribution in [2.45, 2.75) is 18.9 Å². The molecule has 9 heteroatoms. The topological polar surface area (TPSA) is 140 Å². The van der Waals surface area contributed by atoms with E-state index in [1.54, 1.807) is 0 Å². The molecule has 0 aromatic carbocycles. The quantitative estimate of drug-likeness (QED) is 0.554. The molecule has 1 fully saturated rings. The minimum atomic E-state index is -0.608. The standard InChI is InChI=1S/C11H18N6O2S/c12-6-2-1-3-17(5-6)11-16-9(14)8(20-11)10(19)15-4-7(13)18/h6H,1-5,12,14H2,(H2,13,18)(H,15,19). The number of piperidine rings is 1. The highest BCUT2D eigenvalue weighted by Crippen LogP contribution is 2.29. The highest BCUT2D eigenvalue weighted by atomic mass is 32.1. The van der Waals surface area contributed by atoms with Crippen LogP contribution in [0.1, 0.15) is 22.5 Å². The van der Waals surface area contributed by atoms with Crippen LogP contribution in [0.3, 0.4) is 0 Å². The predicted molar refractivity (Wildman–Crippen MR) is 77.5 cm³/mol. The molecule has 110 valence electrons. The maximum Gasteiger partial charge on any atom is 0.265 e. The fraction of sp³-hybridized carbons (Fsp3) is 0.545. The normalized spacial score (nSPS) is 18.9. The number of carbonyl (C=O) groups excluding carboxylic acids is 2. The van der Waals surface area contributed by atoms with Crippen molar-refractivity contribution < 1.29 is 9.59 Å². The Morgan fingerprint density at radius 2 is 2.25 bits per heavy atom. The Morgan fingerprint density at radius 3 is 2.90 bits per heavy atom. The van der Waals surface area contributed by atoms with Gasteiger partial charge in [0.05, 0.1) is 6.54 Å². The number of nitrogen functional groups attached to an aromatic ring is 1. The van der Waals surface area contributed by atoms with E-state index in [2.05, 4.69) is 10.3 Å². The minimum absolute atomic E-state index is 0.112. The van der Waals surface area contributed by atoms with Gasteiger partial charge in [-0.3, -0.25) is 9.59 Å². The molecule has 0 saturated carbocycles. The summed E-state index contributed by atoms with van der Waals surface area (Å²) in [5, 5.41) is 3.08. The van der Waals surface area contributed by atoms with Crippen LogP contribution in [-0.4, -0.2) is 42.5 Å². The molecule has 2 rings (SSSR count). The van der Waals surface area contributed by atoms with Gasteiger partial charge >= 0.3 is 0 Å². The molecule has 1 aromatic rings. The third-order valence-electron chi connectivity index (χ3n) is 3.00. The zero-order chi connectivity index (χ0) is 14.7. The van der Waals surface area contributed by atoms with Crippen LogP contribution in [0.2, 0.25) is 0 Å². The average molecular weight is 298 g/mol. The van der Waals surface area contributed by atoms with Crippen LogP contribution >= 0.6 is 11.3 Å². The van der Waals surface area contributed by atoms with E-state index in [1.807, 2.05) is 4.90 Å². The number of anilines is 2. The van der Waals surface area contributed by atoms with Gasteiger partial charge in [-0.1, -0.05) is 11.3 Å². The first kappa shape index (κ1) is 14.5. The van der Waals surface area contributed by atoms with E-state index < -0.39 is 11.8 Å². The maximum absolute atomic E-state index is 11.9. The molecule has 1 aromatic heterocycles. The fourth-order valence-corrected chi connectivity index (χ4v) is 2.99. The van der Waals surface area contributed by atoms with Crippen LogP contribution in [0, 0.1) is 0 Å². The van der Waals surface area contributed by atoms with Gasteiger partial charge in [0.15, 0.2) is 5.13 Å². The first-order chi connectivity index (χ1) is 9.47. The Morgan fingerprint density at radius 1 is 1.50 bits per heavy atom. The first-order valence-corrected chi connectivity index (χ1v) is 7.12. The molecule has 20 heavy (non-hydrogen) atoms. The molecule has 2 amide bonds. The summed E-state index contributed by atoms with van der Waals surface area (Å²) in [5.41, 5.74) is 16.7. The molecule has 0 radical (unpaired) electrons. The Labute approximate surface area is 120 Å². The van der Waals surface area contributed by atoms with Gasteiger partial charge in [-0.2, -0.15) is 0 Å². The van der Waals surface area contributed by atoms with E-state index in [4.69, 9.17) is 17.2 Å².